The van der Waals surface area contributed by atoms with Crippen molar-refractivity contribution >= 4 is 46.2 Å². The van der Waals surface area contributed by atoms with Gasteiger partial charge in [-0.1, -0.05) is 23.2 Å². The molecule has 6 nitrogen and oxygen atoms in total. The number of benzene rings is 2. The maximum Gasteiger partial charge on any atom is 0.261 e. The zero-order chi connectivity index (χ0) is 21.0. The van der Waals surface area contributed by atoms with Crippen LogP contribution in [-0.2, 0) is 10.3 Å². The van der Waals surface area contributed by atoms with E-state index in [2.05, 4.69) is 10.3 Å². The van der Waals surface area contributed by atoms with Crippen LogP contribution in [0.5, 0.6) is 0 Å². The van der Waals surface area contributed by atoms with E-state index in [1.807, 2.05) is 0 Å². The number of amides is 1. The van der Waals surface area contributed by atoms with Gasteiger partial charge >= 0.3 is 0 Å². The van der Waals surface area contributed by atoms with Crippen molar-refractivity contribution in [3.05, 3.63) is 68.4 Å². The first kappa shape index (κ1) is 19.3. The molecule has 1 aromatic heterocycles. The van der Waals surface area contributed by atoms with Gasteiger partial charge in [0, 0.05) is 30.4 Å². The van der Waals surface area contributed by atoms with Crippen molar-refractivity contribution < 1.29 is 9.18 Å². The van der Waals surface area contributed by atoms with Crippen molar-refractivity contribution in [1.29, 1.82) is 0 Å². The molecule has 5 rings (SSSR count). The molecule has 154 valence electrons. The Balaban J connectivity index is 1.59. The van der Waals surface area contributed by atoms with Gasteiger partial charge in [0.15, 0.2) is 0 Å². The second kappa shape index (κ2) is 6.96. The third kappa shape index (κ3) is 3.04. The predicted molar refractivity (Wildman–Crippen MR) is 114 cm³/mol. The molecule has 1 saturated heterocycles. The van der Waals surface area contributed by atoms with Crippen molar-refractivity contribution in [3.63, 3.8) is 0 Å². The van der Waals surface area contributed by atoms with Gasteiger partial charge in [-0.25, -0.2) is 9.37 Å². The lowest BCUT2D eigenvalue weighted by Crippen LogP contribution is -2.63. The molecule has 0 bridgehead atoms. The summed E-state index contributed by atoms with van der Waals surface area (Å²) in [6, 6.07) is 8.10. The molecule has 0 unspecified atom stereocenters. The summed E-state index contributed by atoms with van der Waals surface area (Å²) in [5.41, 5.74) is 0.340. The van der Waals surface area contributed by atoms with Gasteiger partial charge in [-0.3, -0.25) is 14.2 Å². The lowest BCUT2D eigenvalue weighted by molar-refractivity contribution is -0.124. The van der Waals surface area contributed by atoms with Crippen LogP contribution in [0.1, 0.15) is 24.4 Å². The third-order valence-electron chi connectivity index (χ3n) is 5.72. The predicted octanol–water partition coefficient (Wildman–Crippen LogP) is 3.96. The Morgan fingerprint density at radius 3 is 2.67 bits per heavy atom. The van der Waals surface area contributed by atoms with Crippen LogP contribution in [0.15, 0.2) is 41.5 Å². The number of hydrogen-bond acceptors (Lipinski definition) is 4. The summed E-state index contributed by atoms with van der Waals surface area (Å²) in [5.74, 6) is -0.513. The standard InChI is InChI=1S/C21H17Cl2FN4O2/c22-15-4-5-16(24)18(19(15)23)21(8-27(9-21)11-29)26-12-1-6-17-14(7-12)20(30)28(10-25-17)13-2-3-13/h1,4-7,10-11,13,26H,2-3,8-9H2. The van der Waals surface area contributed by atoms with E-state index >= 15 is 0 Å². The molecule has 2 aliphatic rings. The SMILES string of the molecule is O=CN1CC(Nc2ccc3ncn(C4CC4)c(=O)c3c2)(c2c(F)ccc(Cl)c2Cl)C1. The van der Waals surface area contributed by atoms with Crippen LogP contribution in [0.25, 0.3) is 10.9 Å². The Bertz CT molecular complexity index is 1240. The molecule has 1 amide bonds. The van der Waals surface area contributed by atoms with Gasteiger partial charge in [0.05, 0.1) is 27.3 Å². The fourth-order valence-electron chi connectivity index (χ4n) is 4.09. The molecule has 9 heteroatoms. The topological polar surface area (TPSA) is 67.2 Å². The average Bonchev–Trinajstić information content (AvgIpc) is 3.54. The van der Waals surface area contributed by atoms with E-state index in [0.29, 0.717) is 23.0 Å². The number of carbonyl (C=O) groups excluding carboxylic acids is 1. The van der Waals surface area contributed by atoms with E-state index in [1.54, 1.807) is 29.1 Å². The molecule has 2 fully saturated rings. The van der Waals surface area contributed by atoms with E-state index in [-0.39, 0.29) is 40.3 Å². The molecule has 0 atom stereocenters. The van der Waals surface area contributed by atoms with E-state index in [4.69, 9.17) is 23.2 Å². The van der Waals surface area contributed by atoms with Crippen LogP contribution in [0.3, 0.4) is 0 Å². The highest BCUT2D eigenvalue weighted by Crippen LogP contribution is 2.42. The molecule has 1 aliphatic heterocycles. The lowest BCUT2D eigenvalue weighted by atomic mass is 9.81. The highest BCUT2D eigenvalue weighted by molar-refractivity contribution is 6.42. The largest absolute Gasteiger partial charge is 0.372 e. The van der Waals surface area contributed by atoms with E-state index in [9.17, 15) is 14.0 Å². The van der Waals surface area contributed by atoms with E-state index < -0.39 is 11.4 Å². The maximum absolute atomic E-state index is 14.8. The summed E-state index contributed by atoms with van der Waals surface area (Å²) in [5, 5.41) is 4.12. The van der Waals surface area contributed by atoms with Gasteiger partial charge in [0.25, 0.3) is 5.56 Å². The Hall–Kier alpha value is -2.64. The Morgan fingerprint density at radius 1 is 1.20 bits per heavy atom. The second-order valence-corrected chi connectivity index (χ2v) is 8.64. The minimum absolute atomic E-state index is 0.102. The van der Waals surface area contributed by atoms with Gasteiger partial charge < -0.3 is 10.2 Å². The Morgan fingerprint density at radius 2 is 1.97 bits per heavy atom. The van der Waals surface area contributed by atoms with E-state index in [0.717, 1.165) is 12.8 Å². The quantitative estimate of drug-likeness (QED) is 0.475. The minimum Gasteiger partial charge on any atom is -0.372 e. The third-order valence-corrected chi connectivity index (χ3v) is 6.53. The lowest BCUT2D eigenvalue weighted by Gasteiger charge is -2.50. The number of aromatic nitrogens is 2. The molecule has 0 radical (unpaired) electrons. The molecule has 1 saturated carbocycles. The number of anilines is 1. The Labute approximate surface area is 181 Å². The summed E-state index contributed by atoms with van der Waals surface area (Å²) < 4.78 is 16.5. The number of fused-ring (bicyclic) bond motifs is 1. The fraction of sp³-hybridized carbons (Fsp3) is 0.286. The molecule has 1 N–H and O–H groups in total. The van der Waals surface area contributed by atoms with Crippen LogP contribution in [0, 0.1) is 5.82 Å². The summed E-state index contributed by atoms with van der Waals surface area (Å²) in [7, 11) is 0. The zero-order valence-corrected chi connectivity index (χ0v) is 17.3. The molecule has 3 aromatic rings. The number of nitrogens with zero attached hydrogens (tertiary/aromatic N) is 3. The summed E-state index contributed by atoms with van der Waals surface area (Å²) in [6.07, 6.45) is 4.24. The average molecular weight is 447 g/mol. The normalized spacial score (nSPS) is 17.6. The molecular formula is C21H17Cl2FN4O2. The first-order chi connectivity index (χ1) is 14.4. The second-order valence-electron chi connectivity index (χ2n) is 7.86. The summed E-state index contributed by atoms with van der Waals surface area (Å²) in [6.45, 7) is 0.426. The number of rotatable bonds is 5. The monoisotopic (exact) mass is 446 g/mol. The van der Waals surface area contributed by atoms with Crippen molar-refractivity contribution in [1.82, 2.24) is 14.5 Å². The summed E-state index contributed by atoms with van der Waals surface area (Å²) >= 11 is 12.5. The molecule has 0 spiro atoms. The van der Waals surface area contributed by atoms with Crippen molar-refractivity contribution in [2.24, 2.45) is 0 Å². The van der Waals surface area contributed by atoms with Crippen molar-refractivity contribution in [3.8, 4) is 0 Å². The van der Waals surface area contributed by atoms with Crippen LogP contribution in [0.2, 0.25) is 10.0 Å². The highest BCUT2D eigenvalue weighted by Gasteiger charge is 2.47. The number of carbonyl (C=O) groups is 1. The van der Waals surface area contributed by atoms with Gasteiger partial charge in [0.2, 0.25) is 6.41 Å². The van der Waals surface area contributed by atoms with E-state index in [1.165, 1.54) is 17.0 Å². The van der Waals surface area contributed by atoms with Crippen LogP contribution < -0.4 is 10.9 Å². The van der Waals surface area contributed by atoms with Crippen molar-refractivity contribution in [2.45, 2.75) is 24.4 Å². The molecule has 1 aliphatic carbocycles. The van der Waals surface area contributed by atoms with Crippen LogP contribution in [-0.4, -0.2) is 34.0 Å². The van der Waals surface area contributed by atoms with Crippen LogP contribution >= 0.6 is 23.2 Å². The molecular weight excluding hydrogens is 430 g/mol. The van der Waals surface area contributed by atoms with Crippen LogP contribution in [0.4, 0.5) is 10.1 Å². The molecule has 2 aromatic carbocycles. The van der Waals surface area contributed by atoms with Gasteiger partial charge in [-0.15, -0.1) is 0 Å². The van der Waals surface area contributed by atoms with Gasteiger partial charge in [-0.05, 0) is 43.2 Å². The van der Waals surface area contributed by atoms with Gasteiger partial charge in [0.1, 0.15) is 11.4 Å². The number of nitrogens with one attached hydrogen (secondary N) is 1. The van der Waals surface area contributed by atoms with Crippen molar-refractivity contribution in [2.75, 3.05) is 18.4 Å². The first-order valence-corrected chi connectivity index (χ1v) is 10.3. The number of halogens is 3. The van der Waals surface area contributed by atoms with Gasteiger partial charge in [-0.2, -0.15) is 0 Å². The number of hydrogen-bond donors (Lipinski definition) is 1. The smallest absolute Gasteiger partial charge is 0.261 e. The number of likely N-dealkylation sites (tertiary alicyclic amines) is 1. The Kier molecular flexibility index (Phi) is 4.48. The summed E-state index contributed by atoms with van der Waals surface area (Å²) in [4.78, 5) is 30.0. The highest BCUT2D eigenvalue weighted by atomic mass is 35.5. The first-order valence-electron chi connectivity index (χ1n) is 9.54. The minimum atomic E-state index is -0.960. The zero-order valence-electron chi connectivity index (χ0n) is 15.7. The fourth-order valence-corrected chi connectivity index (χ4v) is 4.58. The molecule has 30 heavy (non-hydrogen) atoms. The molecule has 2 heterocycles. The maximum atomic E-state index is 14.8.